The predicted molar refractivity (Wildman–Crippen MR) is 79.4 cm³/mol. The van der Waals surface area contributed by atoms with E-state index in [1.165, 1.54) is 29.9 Å². The van der Waals surface area contributed by atoms with Crippen molar-refractivity contribution in [3.8, 4) is 11.8 Å². The van der Waals surface area contributed by atoms with Gasteiger partial charge in [0.15, 0.2) is 0 Å². The highest BCUT2D eigenvalue weighted by molar-refractivity contribution is 5.96. The molecule has 0 radical (unpaired) electrons. The summed E-state index contributed by atoms with van der Waals surface area (Å²) in [5, 5.41) is 11.9. The number of rotatable bonds is 5. The summed E-state index contributed by atoms with van der Waals surface area (Å²) >= 11 is 0. The Morgan fingerprint density at radius 1 is 1.45 bits per heavy atom. The van der Waals surface area contributed by atoms with Crippen molar-refractivity contribution in [3.05, 3.63) is 53.1 Å². The van der Waals surface area contributed by atoms with Crippen molar-refractivity contribution in [2.45, 2.75) is 6.92 Å². The average molecular weight is 301 g/mol. The van der Waals surface area contributed by atoms with Crippen LogP contribution < -0.4 is 5.32 Å². The number of nitriles is 1. The van der Waals surface area contributed by atoms with Gasteiger partial charge >= 0.3 is 0 Å². The SMILES string of the molecule is COCCNC(=O)c1c(C#N)ccn1-c1cc(F)ccc1C. The van der Waals surface area contributed by atoms with E-state index in [2.05, 4.69) is 5.32 Å². The van der Waals surface area contributed by atoms with E-state index in [4.69, 9.17) is 4.74 Å². The van der Waals surface area contributed by atoms with Gasteiger partial charge in [0.1, 0.15) is 17.6 Å². The minimum absolute atomic E-state index is 0.187. The highest BCUT2D eigenvalue weighted by Crippen LogP contribution is 2.21. The maximum Gasteiger partial charge on any atom is 0.269 e. The third-order valence-corrected chi connectivity index (χ3v) is 3.24. The molecule has 0 bridgehead atoms. The first-order valence-corrected chi connectivity index (χ1v) is 6.73. The van der Waals surface area contributed by atoms with Gasteiger partial charge in [0.25, 0.3) is 5.91 Å². The molecule has 114 valence electrons. The Bertz CT molecular complexity index is 731. The third-order valence-electron chi connectivity index (χ3n) is 3.24. The first kappa shape index (κ1) is 15.7. The molecule has 0 fully saturated rings. The predicted octanol–water partition coefficient (Wildman–Crippen LogP) is 2.17. The number of amides is 1. The van der Waals surface area contributed by atoms with Crippen LogP contribution >= 0.6 is 0 Å². The molecule has 22 heavy (non-hydrogen) atoms. The molecule has 2 aromatic rings. The van der Waals surface area contributed by atoms with Crippen LogP contribution in [0.25, 0.3) is 5.69 Å². The fourth-order valence-electron chi connectivity index (χ4n) is 2.15. The lowest BCUT2D eigenvalue weighted by molar-refractivity contribution is 0.0930. The zero-order valence-corrected chi connectivity index (χ0v) is 12.4. The number of hydrogen-bond acceptors (Lipinski definition) is 3. The number of halogens is 1. The molecule has 0 unspecified atom stereocenters. The smallest absolute Gasteiger partial charge is 0.269 e. The van der Waals surface area contributed by atoms with Crippen molar-refractivity contribution in [2.75, 3.05) is 20.3 Å². The zero-order chi connectivity index (χ0) is 16.1. The van der Waals surface area contributed by atoms with Crippen LogP contribution in [0, 0.1) is 24.1 Å². The summed E-state index contributed by atoms with van der Waals surface area (Å²) in [5.74, 6) is -0.805. The number of ether oxygens (including phenoxy) is 1. The van der Waals surface area contributed by atoms with Crippen LogP contribution in [0.4, 0.5) is 4.39 Å². The van der Waals surface area contributed by atoms with E-state index in [0.29, 0.717) is 18.8 Å². The summed E-state index contributed by atoms with van der Waals surface area (Å²) < 4.78 is 19.9. The maximum atomic E-state index is 13.5. The van der Waals surface area contributed by atoms with Gasteiger partial charge in [-0.25, -0.2) is 4.39 Å². The highest BCUT2D eigenvalue weighted by Gasteiger charge is 2.19. The lowest BCUT2D eigenvalue weighted by Crippen LogP contribution is -2.29. The Morgan fingerprint density at radius 3 is 2.91 bits per heavy atom. The average Bonchev–Trinajstić information content (AvgIpc) is 2.93. The van der Waals surface area contributed by atoms with Crippen molar-refractivity contribution in [3.63, 3.8) is 0 Å². The van der Waals surface area contributed by atoms with E-state index in [0.717, 1.165) is 5.56 Å². The van der Waals surface area contributed by atoms with Gasteiger partial charge < -0.3 is 14.6 Å². The summed E-state index contributed by atoms with van der Waals surface area (Å²) in [6, 6.07) is 7.84. The van der Waals surface area contributed by atoms with Gasteiger partial charge in [0.05, 0.1) is 17.9 Å². The van der Waals surface area contributed by atoms with Crippen molar-refractivity contribution in [1.29, 1.82) is 5.26 Å². The maximum absolute atomic E-state index is 13.5. The largest absolute Gasteiger partial charge is 0.383 e. The second-order valence-electron chi connectivity index (χ2n) is 4.74. The molecule has 1 aromatic carbocycles. The van der Waals surface area contributed by atoms with Gasteiger partial charge in [-0.1, -0.05) is 6.07 Å². The lowest BCUT2D eigenvalue weighted by Gasteiger charge is -2.12. The van der Waals surface area contributed by atoms with E-state index < -0.39 is 11.7 Å². The number of methoxy groups -OCH3 is 1. The molecule has 0 saturated heterocycles. The second kappa shape index (κ2) is 6.87. The monoisotopic (exact) mass is 301 g/mol. The summed E-state index contributed by atoms with van der Waals surface area (Å²) in [4.78, 5) is 12.3. The van der Waals surface area contributed by atoms with Crippen LogP contribution in [0.15, 0.2) is 30.5 Å². The summed E-state index contributed by atoms with van der Waals surface area (Å²) in [7, 11) is 1.53. The van der Waals surface area contributed by atoms with Crippen molar-refractivity contribution < 1.29 is 13.9 Å². The van der Waals surface area contributed by atoms with E-state index >= 15 is 0 Å². The molecule has 1 aromatic heterocycles. The molecule has 0 aliphatic heterocycles. The molecule has 0 atom stereocenters. The molecule has 1 heterocycles. The lowest BCUT2D eigenvalue weighted by atomic mass is 10.2. The van der Waals surface area contributed by atoms with Gasteiger partial charge in [0, 0.05) is 19.9 Å². The summed E-state index contributed by atoms with van der Waals surface area (Å²) in [6.07, 6.45) is 1.59. The second-order valence-corrected chi connectivity index (χ2v) is 4.74. The number of nitrogens with one attached hydrogen (secondary N) is 1. The Kier molecular flexibility index (Phi) is 4.92. The first-order chi connectivity index (χ1) is 10.6. The molecule has 1 amide bonds. The molecule has 2 rings (SSSR count). The number of carbonyl (C=O) groups excluding carboxylic acids is 1. The Hall–Kier alpha value is -2.65. The highest BCUT2D eigenvalue weighted by atomic mass is 19.1. The van der Waals surface area contributed by atoms with Crippen molar-refractivity contribution >= 4 is 5.91 Å². The fraction of sp³-hybridized carbons (Fsp3) is 0.250. The normalized spacial score (nSPS) is 10.3. The van der Waals surface area contributed by atoms with Crippen LogP contribution in [-0.4, -0.2) is 30.7 Å². The van der Waals surface area contributed by atoms with Crippen molar-refractivity contribution in [2.24, 2.45) is 0 Å². The fourth-order valence-corrected chi connectivity index (χ4v) is 2.15. The molecule has 0 aliphatic rings. The molecule has 0 aliphatic carbocycles. The number of benzene rings is 1. The molecule has 5 nitrogen and oxygen atoms in total. The molecule has 0 saturated carbocycles. The zero-order valence-electron chi connectivity index (χ0n) is 12.4. The van der Waals surface area contributed by atoms with E-state index in [1.54, 1.807) is 12.3 Å². The van der Waals surface area contributed by atoms with E-state index in [9.17, 15) is 14.4 Å². The number of nitrogens with zero attached hydrogens (tertiary/aromatic N) is 2. The van der Waals surface area contributed by atoms with Crippen molar-refractivity contribution in [1.82, 2.24) is 9.88 Å². The van der Waals surface area contributed by atoms with Crippen LogP contribution in [0.5, 0.6) is 0 Å². The molecule has 6 heteroatoms. The van der Waals surface area contributed by atoms with Gasteiger partial charge in [-0.3, -0.25) is 4.79 Å². The van der Waals surface area contributed by atoms with Crippen LogP contribution in [-0.2, 0) is 4.74 Å². The van der Waals surface area contributed by atoms with Crippen LogP contribution in [0.2, 0.25) is 0 Å². The molecular weight excluding hydrogens is 285 g/mol. The van der Waals surface area contributed by atoms with Gasteiger partial charge in [-0.15, -0.1) is 0 Å². The Balaban J connectivity index is 2.45. The topological polar surface area (TPSA) is 67.0 Å². The number of hydrogen-bond donors (Lipinski definition) is 1. The van der Waals surface area contributed by atoms with Gasteiger partial charge in [-0.2, -0.15) is 5.26 Å². The Labute approximate surface area is 127 Å². The standard InChI is InChI=1S/C16H16FN3O2/c1-11-3-4-13(17)9-14(11)20-7-5-12(10-18)15(20)16(21)19-6-8-22-2/h3-5,7,9H,6,8H2,1-2H3,(H,19,21). The molecular formula is C16H16FN3O2. The van der Waals surface area contributed by atoms with Gasteiger partial charge in [0.2, 0.25) is 0 Å². The van der Waals surface area contributed by atoms with Gasteiger partial charge in [-0.05, 0) is 30.7 Å². The number of aryl methyl sites for hydroxylation is 1. The minimum atomic E-state index is -0.404. The summed E-state index contributed by atoms with van der Waals surface area (Å²) in [5.41, 5.74) is 1.75. The summed E-state index contributed by atoms with van der Waals surface area (Å²) in [6.45, 7) is 2.51. The quantitative estimate of drug-likeness (QED) is 0.861. The Morgan fingerprint density at radius 2 is 2.23 bits per heavy atom. The van der Waals surface area contributed by atoms with E-state index in [1.807, 2.05) is 13.0 Å². The first-order valence-electron chi connectivity index (χ1n) is 6.73. The number of aromatic nitrogens is 1. The minimum Gasteiger partial charge on any atom is -0.383 e. The van der Waals surface area contributed by atoms with Crippen LogP contribution in [0.1, 0.15) is 21.6 Å². The third kappa shape index (κ3) is 3.15. The molecule has 1 N–H and O–H groups in total. The number of carbonyl (C=O) groups is 1. The van der Waals surface area contributed by atoms with E-state index in [-0.39, 0.29) is 11.3 Å². The van der Waals surface area contributed by atoms with Crippen LogP contribution in [0.3, 0.4) is 0 Å². The molecule has 0 spiro atoms.